The molecule has 5 heteroatoms. The minimum Gasteiger partial charge on any atom is -0.353 e. The van der Waals surface area contributed by atoms with Crippen LogP contribution in [0.15, 0.2) is 0 Å². The highest BCUT2D eigenvalue weighted by atomic mass is 16.2. The molecule has 1 aliphatic heterocycles. The number of hydrogen-bond donors (Lipinski definition) is 3. The number of carbonyl (C=O) groups excluding carboxylic acids is 2. The number of nitrogens with one attached hydrogen (secondary N) is 3. The third kappa shape index (κ3) is 2.66. The van der Waals surface area contributed by atoms with E-state index >= 15 is 0 Å². The molecule has 2 aliphatic carbocycles. The predicted molar refractivity (Wildman–Crippen MR) is 66.9 cm³/mol. The second-order valence-corrected chi connectivity index (χ2v) is 5.77. The molecular weight excluding hydrogens is 230 g/mol. The van der Waals surface area contributed by atoms with Crippen LogP contribution in [-0.2, 0) is 9.59 Å². The minimum atomic E-state index is -0.344. The van der Waals surface area contributed by atoms with Crippen molar-refractivity contribution in [2.24, 2.45) is 0 Å². The van der Waals surface area contributed by atoms with E-state index < -0.39 is 0 Å². The Morgan fingerprint density at radius 1 is 1.17 bits per heavy atom. The fourth-order valence-corrected chi connectivity index (χ4v) is 2.97. The summed E-state index contributed by atoms with van der Waals surface area (Å²) in [5.74, 6) is -0.0106. The van der Waals surface area contributed by atoms with Gasteiger partial charge in [-0.25, -0.2) is 0 Å². The molecule has 0 radical (unpaired) electrons. The van der Waals surface area contributed by atoms with Crippen molar-refractivity contribution in [3.05, 3.63) is 0 Å². The zero-order valence-corrected chi connectivity index (χ0v) is 10.6. The van der Waals surface area contributed by atoms with E-state index in [1.54, 1.807) is 0 Å². The molecule has 3 atom stereocenters. The number of piperazine rings is 1. The van der Waals surface area contributed by atoms with Crippen molar-refractivity contribution in [1.82, 2.24) is 16.0 Å². The first kappa shape index (κ1) is 12.0. The Morgan fingerprint density at radius 2 is 1.89 bits per heavy atom. The molecule has 100 valence electrons. The molecule has 2 saturated carbocycles. The molecular formula is C13H21N3O2. The summed E-state index contributed by atoms with van der Waals surface area (Å²) in [5, 5.41) is 9.35. The maximum absolute atomic E-state index is 11.9. The van der Waals surface area contributed by atoms with Gasteiger partial charge in [0.1, 0.15) is 0 Å². The summed E-state index contributed by atoms with van der Waals surface area (Å²) >= 11 is 0. The molecule has 3 rings (SSSR count). The molecule has 3 fully saturated rings. The van der Waals surface area contributed by atoms with Crippen LogP contribution in [-0.4, -0.2) is 36.0 Å². The van der Waals surface area contributed by atoms with Crippen LogP contribution in [0, 0.1) is 0 Å². The lowest BCUT2D eigenvalue weighted by Gasteiger charge is -2.40. The van der Waals surface area contributed by atoms with Crippen molar-refractivity contribution in [2.45, 2.75) is 69.1 Å². The average Bonchev–Trinajstić information content (AvgIpc) is 3.14. The van der Waals surface area contributed by atoms with Crippen LogP contribution in [0.4, 0.5) is 0 Å². The molecule has 18 heavy (non-hydrogen) atoms. The molecule has 1 heterocycles. The van der Waals surface area contributed by atoms with Gasteiger partial charge in [0, 0.05) is 18.1 Å². The van der Waals surface area contributed by atoms with Crippen molar-refractivity contribution < 1.29 is 9.59 Å². The third-order valence-corrected chi connectivity index (χ3v) is 4.16. The number of hydrogen-bond acceptors (Lipinski definition) is 3. The summed E-state index contributed by atoms with van der Waals surface area (Å²) in [6, 6.07) is 0.652. The van der Waals surface area contributed by atoms with Crippen molar-refractivity contribution in [1.29, 1.82) is 0 Å². The van der Waals surface area contributed by atoms with E-state index in [0.717, 1.165) is 25.7 Å². The fraction of sp³-hybridized carbons (Fsp3) is 0.846. The summed E-state index contributed by atoms with van der Waals surface area (Å²) in [6.07, 6.45) is 7.00. The van der Waals surface area contributed by atoms with Gasteiger partial charge in [0.15, 0.2) is 0 Å². The van der Waals surface area contributed by atoms with E-state index in [2.05, 4.69) is 16.0 Å². The Hall–Kier alpha value is -1.10. The maximum Gasteiger partial charge on any atom is 0.237 e. The Bertz CT molecular complexity index is 354. The lowest BCUT2D eigenvalue weighted by atomic mass is 9.87. The fourth-order valence-electron chi connectivity index (χ4n) is 2.97. The zero-order chi connectivity index (χ0) is 12.5. The molecule has 5 nitrogen and oxygen atoms in total. The van der Waals surface area contributed by atoms with Crippen LogP contribution in [0.25, 0.3) is 0 Å². The van der Waals surface area contributed by atoms with Crippen molar-refractivity contribution in [2.75, 3.05) is 0 Å². The molecule has 3 N–H and O–H groups in total. The van der Waals surface area contributed by atoms with Crippen LogP contribution in [0.2, 0.25) is 0 Å². The largest absolute Gasteiger partial charge is 0.353 e. The Kier molecular flexibility index (Phi) is 3.24. The molecule has 0 bridgehead atoms. The van der Waals surface area contributed by atoms with E-state index in [1.165, 1.54) is 12.8 Å². The molecule has 0 unspecified atom stereocenters. The van der Waals surface area contributed by atoms with Gasteiger partial charge in [-0.15, -0.1) is 0 Å². The van der Waals surface area contributed by atoms with Gasteiger partial charge in [0.25, 0.3) is 0 Å². The van der Waals surface area contributed by atoms with Gasteiger partial charge in [-0.3, -0.25) is 9.59 Å². The molecule has 0 spiro atoms. The van der Waals surface area contributed by atoms with Gasteiger partial charge < -0.3 is 16.0 Å². The topological polar surface area (TPSA) is 70.2 Å². The van der Waals surface area contributed by atoms with Gasteiger partial charge in [-0.2, -0.15) is 0 Å². The van der Waals surface area contributed by atoms with E-state index in [9.17, 15) is 9.59 Å². The quantitative estimate of drug-likeness (QED) is 0.664. The second kappa shape index (κ2) is 4.88. The van der Waals surface area contributed by atoms with Crippen LogP contribution < -0.4 is 16.0 Å². The molecule has 2 amide bonds. The van der Waals surface area contributed by atoms with Gasteiger partial charge in [-0.05, 0) is 25.7 Å². The highest BCUT2D eigenvalue weighted by Crippen LogP contribution is 2.23. The lowest BCUT2D eigenvalue weighted by Crippen LogP contribution is -2.65. The monoisotopic (exact) mass is 251 g/mol. The molecule has 0 aromatic rings. The van der Waals surface area contributed by atoms with Gasteiger partial charge in [-0.1, -0.05) is 12.8 Å². The van der Waals surface area contributed by atoms with Gasteiger partial charge in [0.2, 0.25) is 11.8 Å². The second-order valence-electron chi connectivity index (χ2n) is 5.77. The normalized spacial score (nSPS) is 35.6. The summed E-state index contributed by atoms with van der Waals surface area (Å²) in [6.45, 7) is 0. The van der Waals surface area contributed by atoms with E-state index in [4.69, 9.17) is 0 Å². The summed E-state index contributed by atoms with van der Waals surface area (Å²) in [5.41, 5.74) is 0. The summed E-state index contributed by atoms with van der Waals surface area (Å²) in [4.78, 5) is 23.7. The highest BCUT2D eigenvalue weighted by Gasteiger charge is 2.37. The first-order valence-electron chi connectivity index (χ1n) is 7.08. The number of fused-ring (bicyclic) bond motifs is 1. The number of amides is 2. The molecule has 1 saturated heterocycles. The SMILES string of the molecule is O=C(C[C@H]1N[C@H]2CCCC[C@@H]2NC1=O)NC1CC1. The smallest absolute Gasteiger partial charge is 0.237 e. The average molecular weight is 251 g/mol. The zero-order valence-electron chi connectivity index (χ0n) is 10.6. The Balaban J connectivity index is 1.54. The Morgan fingerprint density at radius 3 is 2.61 bits per heavy atom. The Labute approximate surface area is 107 Å². The summed E-state index contributed by atoms with van der Waals surface area (Å²) in [7, 11) is 0. The molecule has 0 aromatic carbocycles. The van der Waals surface area contributed by atoms with Crippen molar-refractivity contribution in [3.63, 3.8) is 0 Å². The maximum atomic E-state index is 11.9. The molecule has 0 aromatic heterocycles. The van der Waals surface area contributed by atoms with E-state index in [-0.39, 0.29) is 30.3 Å². The van der Waals surface area contributed by atoms with Gasteiger partial charge in [0.05, 0.1) is 12.5 Å². The van der Waals surface area contributed by atoms with Gasteiger partial charge >= 0.3 is 0 Å². The summed E-state index contributed by atoms with van der Waals surface area (Å²) < 4.78 is 0. The van der Waals surface area contributed by atoms with Crippen LogP contribution >= 0.6 is 0 Å². The first-order chi connectivity index (χ1) is 8.72. The van der Waals surface area contributed by atoms with Crippen LogP contribution in [0.1, 0.15) is 44.9 Å². The van der Waals surface area contributed by atoms with Crippen molar-refractivity contribution >= 4 is 11.8 Å². The molecule has 3 aliphatic rings. The highest BCUT2D eigenvalue weighted by molar-refractivity contribution is 5.89. The standard InChI is InChI=1S/C13H21N3O2/c17-12(14-8-5-6-8)7-11-13(18)16-10-4-2-1-3-9(10)15-11/h8-11,15H,1-7H2,(H,14,17)(H,16,18)/t9-,10-,11+/m0/s1. The van der Waals surface area contributed by atoms with E-state index in [1.807, 2.05) is 0 Å². The third-order valence-electron chi connectivity index (χ3n) is 4.16. The van der Waals surface area contributed by atoms with Crippen LogP contribution in [0.5, 0.6) is 0 Å². The predicted octanol–water partition coefficient (Wildman–Crippen LogP) is 0.0543. The lowest BCUT2D eigenvalue weighted by molar-refractivity contribution is -0.131. The minimum absolute atomic E-state index is 0.000547. The van der Waals surface area contributed by atoms with Crippen molar-refractivity contribution in [3.8, 4) is 0 Å². The number of rotatable bonds is 3. The number of carbonyl (C=O) groups is 2. The first-order valence-corrected chi connectivity index (χ1v) is 7.08. The van der Waals surface area contributed by atoms with Crippen LogP contribution in [0.3, 0.4) is 0 Å². The van der Waals surface area contributed by atoms with E-state index in [0.29, 0.717) is 12.1 Å².